The molecule has 7 heteroatoms. The number of hydrogen-bond acceptors (Lipinski definition) is 5. The van der Waals surface area contributed by atoms with Crippen molar-refractivity contribution in [2.75, 3.05) is 20.3 Å². The van der Waals surface area contributed by atoms with Crippen LogP contribution < -0.4 is 0 Å². The van der Waals surface area contributed by atoms with Crippen LogP contribution >= 0.6 is 0 Å². The van der Waals surface area contributed by atoms with Crippen LogP contribution in [0.4, 0.5) is 0 Å². The van der Waals surface area contributed by atoms with E-state index in [1.54, 1.807) is 6.07 Å². The number of imide groups is 1. The Balaban J connectivity index is 2.17. The zero-order valence-corrected chi connectivity index (χ0v) is 11.3. The van der Waals surface area contributed by atoms with E-state index in [1.165, 1.54) is 19.2 Å². The van der Waals surface area contributed by atoms with Crippen LogP contribution in [0.5, 0.6) is 0 Å². The van der Waals surface area contributed by atoms with Gasteiger partial charge in [0.2, 0.25) is 5.91 Å². The molecule has 0 aliphatic carbocycles. The minimum atomic E-state index is -1.16. The highest BCUT2D eigenvalue weighted by molar-refractivity contribution is 6.10. The SMILES string of the molecule is CN1C(=O)Cc2ccc(C(=O)COCC(=O)O)cc2C1=O. The number of hydrogen-bond donors (Lipinski definition) is 1. The van der Waals surface area contributed by atoms with E-state index in [2.05, 4.69) is 0 Å². The number of carbonyl (C=O) groups is 4. The van der Waals surface area contributed by atoms with Gasteiger partial charge in [-0.15, -0.1) is 0 Å². The van der Waals surface area contributed by atoms with Gasteiger partial charge in [0.1, 0.15) is 13.2 Å². The van der Waals surface area contributed by atoms with E-state index >= 15 is 0 Å². The van der Waals surface area contributed by atoms with Crippen LogP contribution in [0.2, 0.25) is 0 Å². The monoisotopic (exact) mass is 291 g/mol. The predicted octanol–water partition coefficient (Wildman–Crippen LogP) is 0.125. The molecule has 21 heavy (non-hydrogen) atoms. The topological polar surface area (TPSA) is 101 Å². The Labute approximate surface area is 120 Å². The van der Waals surface area contributed by atoms with Crippen molar-refractivity contribution < 1.29 is 29.0 Å². The van der Waals surface area contributed by atoms with Gasteiger partial charge >= 0.3 is 5.97 Å². The van der Waals surface area contributed by atoms with Gasteiger partial charge in [-0.05, 0) is 11.6 Å². The van der Waals surface area contributed by atoms with Gasteiger partial charge in [-0.25, -0.2) is 4.79 Å². The van der Waals surface area contributed by atoms with Crippen LogP contribution in [-0.4, -0.2) is 53.8 Å². The van der Waals surface area contributed by atoms with Crippen molar-refractivity contribution >= 4 is 23.6 Å². The first kappa shape index (κ1) is 14.9. The number of fused-ring (bicyclic) bond motifs is 1. The molecule has 7 nitrogen and oxygen atoms in total. The van der Waals surface area contributed by atoms with Gasteiger partial charge in [-0.3, -0.25) is 19.3 Å². The molecule has 1 N–H and O–H groups in total. The number of ketones is 1. The number of likely N-dealkylation sites (N-methyl/N-ethyl adjacent to an activating group) is 1. The number of carbonyl (C=O) groups excluding carboxylic acids is 3. The molecule has 1 aliphatic rings. The molecule has 2 rings (SSSR count). The van der Waals surface area contributed by atoms with E-state index in [4.69, 9.17) is 9.84 Å². The van der Waals surface area contributed by atoms with Gasteiger partial charge in [0.25, 0.3) is 5.91 Å². The second-order valence-corrected chi connectivity index (χ2v) is 4.62. The smallest absolute Gasteiger partial charge is 0.329 e. The summed E-state index contributed by atoms with van der Waals surface area (Å²) >= 11 is 0. The van der Waals surface area contributed by atoms with Gasteiger partial charge in [0.15, 0.2) is 5.78 Å². The molecular weight excluding hydrogens is 278 g/mol. The lowest BCUT2D eigenvalue weighted by Crippen LogP contribution is -2.39. The standard InChI is InChI=1S/C14H13NO6/c1-15-12(17)5-8-2-3-9(4-10(8)14(15)20)11(16)6-21-7-13(18)19/h2-4H,5-7H2,1H3,(H,18,19). The number of ether oxygens (including phenoxy) is 1. The number of rotatable bonds is 5. The maximum Gasteiger partial charge on any atom is 0.329 e. The second kappa shape index (κ2) is 5.84. The highest BCUT2D eigenvalue weighted by Crippen LogP contribution is 2.20. The Bertz CT molecular complexity index is 636. The van der Waals surface area contributed by atoms with Crippen molar-refractivity contribution in [2.24, 2.45) is 0 Å². The van der Waals surface area contributed by atoms with Crippen LogP contribution in [0.25, 0.3) is 0 Å². The maximum absolute atomic E-state index is 12.0. The van der Waals surface area contributed by atoms with Crippen molar-refractivity contribution in [1.29, 1.82) is 0 Å². The first-order valence-electron chi connectivity index (χ1n) is 6.16. The molecular formula is C14H13NO6. The van der Waals surface area contributed by atoms with Gasteiger partial charge < -0.3 is 9.84 Å². The van der Waals surface area contributed by atoms with Crippen LogP contribution in [-0.2, 0) is 20.7 Å². The Morgan fingerprint density at radius 1 is 1.29 bits per heavy atom. The predicted molar refractivity (Wildman–Crippen MR) is 70.0 cm³/mol. The molecule has 0 atom stereocenters. The summed E-state index contributed by atoms with van der Waals surface area (Å²) in [6.45, 7) is -0.944. The molecule has 0 saturated carbocycles. The summed E-state index contributed by atoms with van der Waals surface area (Å²) in [5.41, 5.74) is 1.13. The number of aliphatic carboxylic acids is 1. The number of nitrogens with zero attached hydrogens (tertiary/aromatic N) is 1. The lowest BCUT2D eigenvalue weighted by Gasteiger charge is -2.23. The van der Waals surface area contributed by atoms with Crippen LogP contribution in [0, 0.1) is 0 Å². The van der Waals surface area contributed by atoms with E-state index < -0.39 is 24.3 Å². The summed E-state index contributed by atoms with van der Waals surface area (Å²) < 4.78 is 4.72. The number of benzene rings is 1. The fourth-order valence-corrected chi connectivity index (χ4v) is 1.99. The van der Waals surface area contributed by atoms with Gasteiger partial charge in [-0.1, -0.05) is 12.1 Å². The molecule has 1 heterocycles. The third kappa shape index (κ3) is 3.14. The van der Waals surface area contributed by atoms with Crippen molar-refractivity contribution in [2.45, 2.75) is 6.42 Å². The fraction of sp³-hybridized carbons (Fsp3) is 0.286. The van der Waals surface area contributed by atoms with E-state index in [-0.39, 0.29) is 24.5 Å². The molecule has 0 radical (unpaired) electrons. The van der Waals surface area contributed by atoms with Crippen molar-refractivity contribution in [3.8, 4) is 0 Å². The summed E-state index contributed by atoms with van der Waals surface area (Å²) in [5.74, 6) is -2.34. The largest absolute Gasteiger partial charge is 0.480 e. The lowest BCUT2D eigenvalue weighted by molar-refractivity contribution is -0.141. The summed E-state index contributed by atoms with van der Waals surface area (Å²) in [6, 6.07) is 4.47. The Hall–Kier alpha value is -2.54. The Kier molecular flexibility index (Phi) is 4.13. The van der Waals surface area contributed by atoms with Crippen molar-refractivity contribution in [3.63, 3.8) is 0 Å². The average molecular weight is 291 g/mol. The van der Waals surface area contributed by atoms with E-state index in [0.29, 0.717) is 11.1 Å². The summed E-state index contributed by atoms with van der Waals surface area (Å²) in [5, 5.41) is 8.43. The third-order valence-corrected chi connectivity index (χ3v) is 3.14. The third-order valence-electron chi connectivity index (χ3n) is 3.14. The van der Waals surface area contributed by atoms with E-state index in [1.807, 2.05) is 0 Å². The Morgan fingerprint density at radius 2 is 2.00 bits per heavy atom. The second-order valence-electron chi connectivity index (χ2n) is 4.62. The van der Waals surface area contributed by atoms with Crippen LogP contribution in [0.1, 0.15) is 26.3 Å². The van der Waals surface area contributed by atoms with Gasteiger partial charge in [0, 0.05) is 18.2 Å². The maximum atomic E-state index is 12.0. The van der Waals surface area contributed by atoms with Crippen molar-refractivity contribution in [1.82, 2.24) is 4.90 Å². The summed E-state index contributed by atoms with van der Waals surface area (Å²) in [6.07, 6.45) is 0.113. The minimum absolute atomic E-state index is 0.113. The lowest BCUT2D eigenvalue weighted by atomic mass is 9.95. The molecule has 1 aliphatic heterocycles. The number of carboxylic acids is 1. The molecule has 1 aromatic carbocycles. The highest BCUT2D eigenvalue weighted by atomic mass is 16.5. The number of carboxylic acid groups (broad SMARTS) is 1. The van der Waals surface area contributed by atoms with Gasteiger partial charge in [-0.2, -0.15) is 0 Å². The fourth-order valence-electron chi connectivity index (χ4n) is 1.99. The zero-order valence-electron chi connectivity index (χ0n) is 11.3. The molecule has 0 aromatic heterocycles. The number of Topliss-reactive ketones (excluding diaryl/α,β-unsaturated/α-hetero) is 1. The first-order valence-corrected chi connectivity index (χ1v) is 6.16. The summed E-state index contributed by atoms with van der Waals surface area (Å²) in [4.78, 5) is 46.7. The Morgan fingerprint density at radius 3 is 2.67 bits per heavy atom. The molecule has 1 aromatic rings. The molecule has 0 fully saturated rings. The van der Waals surface area contributed by atoms with Crippen molar-refractivity contribution in [3.05, 3.63) is 34.9 Å². The van der Waals surface area contributed by atoms with Gasteiger partial charge in [0.05, 0.1) is 6.42 Å². The van der Waals surface area contributed by atoms with E-state index in [9.17, 15) is 19.2 Å². The highest BCUT2D eigenvalue weighted by Gasteiger charge is 2.28. The van der Waals surface area contributed by atoms with Crippen LogP contribution in [0.3, 0.4) is 0 Å². The summed E-state index contributed by atoms with van der Waals surface area (Å²) in [7, 11) is 1.39. The quantitative estimate of drug-likeness (QED) is 0.611. The minimum Gasteiger partial charge on any atom is -0.480 e. The molecule has 2 amide bonds. The average Bonchev–Trinajstić information content (AvgIpc) is 2.44. The number of amides is 2. The molecule has 110 valence electrons. The first-order chi connectivity index (χ1) is 9.90. The molecule has 0 spiro atoms. The molecule has 0 saturated heterocycles. The normalized spacial score (nSPS) is 14.0. The van der Waals surface area contributed by atoms with Crippen LogP contribution in [0.15, 0.2) is 18.2 Å². The molecule has 0 unspecified atom stereocenters. The molecule has 0 bridgehead atoms. The van der Waals surface area contributed by atoms with E-state index in [0.717, 1.165) is 4.90 Å². The zero-order chi connectivity index (χ0) is 15.6.